The lowest BCUT2D eigenvalue weighted by atomic mass is 10.0. The van der Waals surface area contributed by atoms with Gasteiger partial charge in [-0.1, -0.05) is 18.2 Å². The maximum Gasteiger partial charge on any atom is 0.243 e. The molecule has 8 nitrogen and oxygen atoms in total. The number of ether oxygens (including phenoxy) is 2. The van der Waals surface area contributed by atoms with Crippen LogP contribution in [0.25, 0.3) is 22.2 Å². The second-order valence-electron chi connectivity index (χ2n) is 6.13. The summed E-state index contributed by atoms with van der Waals surface area (Å²) in [6.07, 6.45) is 2.80. The molecule has 29 heavy (non-hydrogen) atoms. The molecule has 3 rings (SSSR count). The average molecular weight is 414 g/mol. The molecule has 9 heteroatoms. The number of amides is 1. The number of nitrogens with zero attached hydrogens (tertiary/aromatic N) is 3. The van der Waals surface area contributed by atoms with E-state index in [1.165, 1.54) is 13.2 Å². The summed E-state index contributed by atoms with van der Waals surface area (Å²) >= 11 is 6.55. The molecular weight excluding hydrogens is 394 g/mol. The first-order valence-electron chi connectivity index (χ1n) is 8.63. The molecule has 0 aliphatic heterocycles. The van der Waals surface area contributed by atoms with Gasteiger partial charge in [-0.3, -0.25) is 4.79 Å². The Morgan fingerprint density at radius 1 is 1.28 bits per heavy atom. The number of fused-ring (bicyclic) bond motifs is 1. The molecule has 0 aliphatic rings. The summed E-state index contributed by atoms with van der Waals surface area (Å²) in [5.74, 6) is 1.40. The number of anilines is 1. The van der Waals surface area contributed by atoms with Crippen molar-refractivity contribution >= 4 is 34.2 Å². The van der Waals surface area contributed by atoms with Crippen LogP contribution in [-0.4, -0.2) is 35.1 Å². The second kappa shape index (κ2) is 8.32. The van der Waals surface area contributed by atoms with Crippen LogP contribution in [0.2, 0.25) is 5.02 Å². The molecule has 0 radical (unpaired) electrons. The largest absolute Gasteiger partial charge is 0.496 e. The molecule has 2 heterocycles. The highest BCUT2D eigenvalue weighted by Gasteiger charge is 2.19. The molecule has 150 valence electrons. The van der Waals surface area contributed by atoms with Gasteiger partial charge in [-0.05, 0) is 19.1 Å². The van der Waals surface area contributed by atoms with E-state index in [4.69, 9.17) is 26.8 Å². The lowest BCUT2D eigenvalue weighted by molar-refractivity contribution is -0.116. The summed E-state index contributed by atoms with van der Waals surface area (Å²) in [7, 11) is 3.10. The first-order chi connectivity index (χ1) is 13.9. The summed E-state index contributed by atoms with van der Waals surface area (Å²) in [5.41, 5.74) is 8.66. The maximum atomic E-state index is 11.3. The third-order valence-corrected chi connectivity index (χ3v) is 4.76. The van der Waals surface area contributed by atoms with Gasteiger partial charge in [-0.2, -0.15) is 0 Å². The Kier molecular flexibility index (Phi) is 5.84. The Hall–Kier alpha value is -3.39. The van der Waals surface area contributed by atoms with Crippen molar-refractivity contribution in [2.45, 2.75) is 13.5 Å². The molecular formula is C20H20ClN5O3. The SMILES string of the molecule is C=CC(=O)NCc1ncc2cc(-c3c(C)c(OC)cc(OC)c3Cl)nc(N)c2n1. The van der Waals surface area contributed by atoms with Crippen LogP contribution >= 0.6 is 11.6 Å². The zero-order valence-corrected chi connectivity index (χ0v) is 17.0. The van der Waals surface area contributed by atoms with E-state index in [-0.39, 0.29) is 18.3 Å². The zero-order valence-electron chi connectivity index (χ0n) is 16.2. The predicted molar refractivity (Wildman–Crippen MR) is 112 cm³/mol. The minimum Gasteiger partial charge on any atom is -0.496 e. The van der Waals surface area contributed by atoms with Gasteiger partial charge in [0.1, 0.15) is 22.8 Å². The molecule has 3 N–H and O–H groups in total. The molecule has 0 atom stereocenters. The van der Waals surface area contributed by atoms with Gasteiger partial charge < -0.3 is 20.5 Å². The highest BCUT2D eigenvalue weighted by molar-refractivity contribution is 6.35. The Morgan fingerprint density at radius 3 is 2.66 bits per heavy atom. The number of nitrogen functional groups attached to an aromatic ring is 1. The Bertz CT molecular complexity index is 1090. The van der Waals surface area contributed by atoms with E-state index in [1.807, 2.05) is 6.92 Å². The van der Waals surface area contributed by atoms with Crippen molar-refractivity contribution < 1.29 is 14.3 Å². The molecule has 0 saturated carbocycles. The topological polar surface area (TPSA) is 112 Å². The molecule has 0 fully saturated rings. The molecule has 1 amide bonds. The lowest BCUT2D eigenvalue weighted by Crippen LogP contribution is -2.21. The molecule has 0 spiro atoms. The normalized spacial score (nSPS) is 10.6. The van der Waals surface area contributed by atoms with E-state index in [1.54, 1.807) is 25.4 Å². The smallest absolute Gasteiger partial charge is 0.243 e. The van der Waals surface area contributed by atoms with Crippen molar-refractivity contribution in [1.82, 2.24) is 20.3 Å². The molecule has 0 aliphatic carbocycles. The van der Waals surface area contributed by atoms with Gasteiger partial charge in [0.2, 0.25) is 5.91 Å². The quantitative estimate of drug-likeness (QED) is 0.597. The van der Waals surface area contributed by atoms with Gasteiger partial charge in [-0.25, -0.2) is 15.0 Å². The van der Waals surface area contributed by atoms with Crippen LogP contribution in [0.3, 0.4) is 0 Å². The lowest BCUT2D eigenvalue weighted by Gasteiger charge is -2.16. The number of hydrogen-bond acceptors (Lipinski definition) is 7. The molecule has 3 aromatic rings. The van der Waals surface area contributed by atoms with Crippen LogP contribution in [0.15, 0.2) is 31.0 Å². The van der Waals surface area contributed by atoms with Crippen molar-refractivity contribution in [3.05, 3.63) is 47.4 Å². The summed E-state index contributed by atoms with van der Waals surface area (Å²) < 4.78 is 10.8. The number of aromatic nitrogens is 3. The van der Waals surface area contributed by atoms with E-state index in [0.717, 1.165) is 5.56 Å². The van der Waals surface area contributed by atoms with E-state index < -0.39 is 0 Å². The van der Waals surface area contributed by atoms with Gasteiger partial charge in [0, 0.05) is 28.8 Å². The van der Waals surface area contributed by atoms with E-state index in [9.17, 15) is 4.79 Å². The van der Waals surface area contributed by atoms with Crippen molar-refractivity contribution in [2.24, 2.45) is 0 Å². The van der Waals surface area contributed by atoms with Gasteiger partial charge >= 0.3 is 0 Å². The van der Waals surface area contributed by atoms with Crippen molar-refractivity contribution in [3.8, 4) is 22.8 Å². The summed E-state index contributed by atoms with van der Waals surface area (Å²) in [5, 5.41) is 3.71. The standard InChI is InChI=1S/C20H20ClN5O3/c1-5-16(27)24-9-15-23-8-11-6-12(25-20(22)19(11)26-15)17-10(2)13(28-3)7-14(29-4)18(17)21/h5-8H,1,9H2,2-4H3,(H2,22,25)(H,24,27). The highest BCUT2D eigenvalue weighted by atomic mass is 35.5. The Labute approximate surface area is 172 Å². The van der Waals surface area contributed by atoms with Crippen LogP contribution in [0.5, 0.6) is 11.5 Å². The second-order valence-corrected chi connectivity index (χ2v) is 6.51. The molecule has 1 aromatic carbocycles. The number of halogens is 1. The van der Waals surface area contributed by atoms with Crippen LogP contribution < -0.4 is 20.5 Å². The van der Waals surface area contributed by atoms with E-state index >= 15 is 0 Å². The molecule has 0 unspecified atom stereocenters. The number of methoxy groups -OCH3 is 2. The van der Waals surface area contributed by atoms with Gasteiger partial charge in [0.05, 0.1) is 31.5 Å². The van der Waals surface area contributed by atoms with Crippen molar-refractivity contribution in [1.29, 1.82) is 0 Å². The minimum atomic E-state index is -0.313. The maximum absolute atomic E-state index is 11.3. The van der Waals surface area contributed by atoms with Crippen molar-refractivity contribution in [3.63, 3.8) is 0 Å². The number of pyridine rings is 1. The number of nitrogens with one attached hydrogen (secondary N) is 1. The molecule has 0 bridgehead atoms. The van der Waals surface area contributed by atoms with Crippen LogP contribution in [-0.2, 0) is 11.3 Å². The van der Waals surface area contributed by atoms with Gasteiger partial charge in [0.25, 0.3) is 0 Å². The predicted octanol–water partition coefficient (Wildman–Crippen LogP) is 3.06. The monoisotopic (exact) mass is 413 g/mol. The first kappa shape index (κ1) is 20.3. The average Bonchev–Trinajstić information content (AvgIpc) is 2.72. The van der Waals surface area contributed by atoms with E-state index in [0.29, 0.717) is 44.5 Å². The number of benzene rings is 1. The summed E-state index contributed by atoms with van der Waals surface area (Å²) in [6.45, 7) is 5.43. The van der Waals surface area contributed by atoms with Gasteiger partial charge in [-0.15, -0.1) is 0 Å². The fraction of sp³-hybridized carbons (Fsp3) is 0.200. The fourth-order valence-electron chi connectivity index (χ4n) is 2.92. The van der Waals surface area contributed by atoms with Crippen LogP contribution in [0.4, 0.5) is 5.82 Å². The number of carbonyl (C=O) groups is 1. The van der Waals surface area contributed by atoms with Crippen LogP contribution in [0.1, 0.15) is 11.4 Å². The summed E-state index contributed by atoms with van der Waals surface area (Å²) in [4.78, 5) is 24.5. The Balaban J connectivity index is 2.11. The number of rotatable bonds is 6. The summed E-state index contributed by atoms with van der Waals surface area (Å²) in [6, 6.07) is 3.52. The molecule has 2 aromatic heterocycles. The number of nitrogens with two attached hydrogens (primary N) is 1. The number of hydrogen-bond donors (Lipinski definition) is 2. The van der Waals surface area contributed by atoms with Crippen molar-refractivity contribution in [2.75, 3.05) is 20.0 Å². The minimum absolute atomic E-state index is 0.153. The molecule has 0 saturated heterocycles. The third kappa shape index (κ3) is 3.93. The highest BCUT2D eigenvalue weighted by Crippen LogP contribution is 2.42. The Morgan fingerprint density at radius 2 is 2.00 bits per heavy atom. The van der Waals surface area contributed by atoms with Gasteiger partial charge in [0.15, 0.2) is 5.82 Å². The number of carbonyl (C=O) groups excluding carboxylic acids is 1. The zero-order chi connectivity index (χ0) is 21.1. The van der Waals surface area contributed by atoms with E-state index in [2.05, 4.69) is 26.8 Å². The van der Waals surface area contributed by atoms with Crippen LogP contribution in [0, 0.1) is 6.92 Å². The fourth-order valence-corrected chi connectivity index (χ4v) is 3.29. The first-order valence-corrected chi connectivity index (χ1v) is 9.01. The third-order valence-electron chi connectivity index (χ3n) is 4.39.